The molecule has 0 aliphatic rings. The minimum Gasteiger partial charge on any atom is -0.390 e. The van der Waals surface area contributed by atoms with Gasteiger partial charge in [-0.1, -0.05) is 0 Å². The van der Waals surface area contributed by atoms with E-state index < -0.39 is 5.60 Å². The first-order valence-corrected chi connectivity index (χ1v) is 5.69. The van der Waals surface area contributed by atoms with Gasteiger partial charge in [0, 0.05) is 11.8 Å². The number of hydrogen-bond acceptors (Lipinski definition) is 4. The van der Waals surface area contributed by atoms with Crippen LogP contribution >= 0.6 is 11.3 Å². The van der Waals surface area contributed by atoms with Crippen LogP contribution in [0.3, 0.4) is 0 Å². The Hall–Kier alpha value is -0.450. The Morgan fingerprint density at radius 1 is 1.64 bits per heavy atom. The van der Waals surface area contributed by atoms with Crippen molar-refractivity contribution >= 4 is 11.3 Å². The molecule has 0 fully saturated rings. The highest BCUT2D eigenvalue weighted by Crippen LogP contribution is 2.18. The molecule has 2 N–H and O–H groups in total. The number of nitrogens with one attached hydrogen (secondary N) is 1. The lowest BCUT2D eigenvalue weighted by Crippen LogP contribution is -2.31. The van der Waals surface area contributed by atoms with Crippen LogP contribution in [0.4, 0.5) is 0 Å². The minimum atomic E-state index is -0.649. The zero-order valence-corrected chi connectivity index (χ0v) is 9.82. The summed E-state index contributed by atoms with van der Waals surface area (Å²) in [5, 5.41) is 16.1. The van der Waals surface area contributed by atoms with Crippen LogP contribution in [0.5, 0.6) is 0 Å². The van der Waals surface area contributed by atoms with E-state index in [1.807, 2.05) is 26.3 Å². The smallest absolute Gasteiger partial charge is 0.0897 e. The monoisotopic (exact) mass is 214 g/mol. The number of aryl methyl sites for hydroxylation is 1. The highest BCUT2D eigenvalue weighted by atomic mass is 32.1. The van der Waals surface area contributed by atoms with Gasteiger partial charge >= 0.3 is 0 Å². The van der Waals surface area contributed by atoms with E-state index in [0.717, 1.165) is 23.7 Å². The molecule has 1 unspecified atom stereocenters. The van der Waals surface area contributed by atoms with Gasteiger partial charge in [-0.3, -0.25) is 0 Å². The average molecular weight is 214 g/mol. The van der Waals surface area contributed by atoms with Crippen LogP contribution in [0.1, 0.15) is 24.0 Å². The molecule has 0 bridgehead atoms. The lowest BCUT2D eigenvalue weighted by atomic mass is 9.97. The fraction of sp³-hybridized carbons (Fsp3) is 0.700. The Morgan fingerprint density at radius 2 is 2.36 bits per heavy atom. The van der Waals surface area contributed by atoms with Crippen molar-refractivity contribution < 1.29 is 5.11 Å². The lowest BCUT2D eigenvalue weighted by Gasteiger charge is -2.21. The molecule has 0 aromatic carbocycles. The second-order valence-corrected chi connectivity index (χ2v) is 4.95. The molecule has 0 saturated heterocycles. The number of aliphatic hydroxyl groups is 1. The van der Waals surface area contributed by atoms with E-state index in [1.54, 1.807) is 11.3 Å². The molecule has 1 aromatic heterocycles. The van der Waals surface area contributed by atoms with Crippen molar-refractivity contribution in [1.29, 1.82) is 0 Å². The largest absolute Gasteiger partial charge is 0.390 e. The van der Waals surface area contributed by atoms with E-state index in [9.17, 15) is 5.11 Å². The van der Waals surface area contributed by atoms with Gasteiger partial charge in [-0.05, 0) is 33.9 Å². The first kappa shape index (κ1) is 11.6. The molecule has 0 aliphatic heterocycles. The van der Waals surface area contributed by atoms with E-state index in [4.69, 9.17) is 0 Å². The Balaban J connectivity index is 2.49. The summed E-state index contributed by atoms with van der Waals surface area (Å²) in [6.07, 6.45) is 1.39. The Morgan fingerprint density at radius 3 is 2.86 bits per heavy atom. The minimum absolute atomic E-state index is 0.638. The quantitative estimate of drug-likeness (QED) is 0.778. The van der Waals surface area contributed by atoms with E-state index >= 15 is 0 Å². The Bertz CT molecular complexity index is 283. The normalized spacial score (nSPS) is 15.4. The summed E-state index contributed by atoms with van der Waals surface area (Å²) >= 11 is 1.63. The van der Waals surface area contributed by atoms with Gasteiger partial charge < -0.3 is 10.4 Å². The van der Waals surface area contributed by atoms with Crippen molar-refractivity contribution in [3.05, 3.63) is 16.1 Å². The molecule has 0 aliphatic carbocycles. The predicted molar refractivity (Wildman–Crippen MR) is 59.7 cm³/mol. The summed E-state index contributed by atoms with van der Waals surface area (Å²) in [7, 11) is 1.89. The summed E-state index contributed by atoms with van der Waals surface area (Å²) < 4.78 is 0. The highest BCUT2D eigenvalue weighted by Gasteiger charge is 2.21. The summed E-state index contributed by atoms with van der Waals surface area (Å²) in [6, 6.07) is 0. The summed E-state index contributed by atoms with van der Waals surface area (Å²) in [5.74, 6) is 0. The van der Waals surface area contributed by atoms with Crippen LogP contribution in [-0.2, 0) is 6.42 Å². The van der Waals surface area contributed by atoms with Crippen LogP contribution in [-0.4, -0.2) is 29.3 Å². The summed E-state index contributed by atoms with van der Waals surface area (Å²) in [4.78, 5) is 4.34. The standard InChI is InChI=1S/C10H18N2OS/c1-8-12-9(7-14-8)6-10(2,13)4-5-11-3/h7,11,13H,4-6H2,1-3H3. The second-order valence-electron chi connectivity index (χ2n) is 3.89. The first-order chi connectivity index (χ1) is 6.53. The molecule has 80 valence electrons. The Labute approximate surface area is 89.2 Å². The van der Waals surface area contributed by atoms with Gasteiger partial charge in [0.25, 0.3) is 0 Å². The van der Waals surface area contributed by atoms with Gasteiger partial charge in [0.2, 0.25) is 0 Å². The summed E-state index contributed by atoms with van der Waals surface area (Å²) in [6.45, 7) is 4.67. The van der Waals surface area contributed by atoms with Crippen LogP contribution in [0.2, 0.25) is 0 Å². The van der Waals surface area contributed by atoms with Gasteiger partial charge in [0.15, 0.2) is 0 Å². The van der Waals surface area contributed by atoms with E-state index in [2.05, 4.69) is 10.3 Å². The molecular weight excluding hydrogens is 196 g/mol. The van der Waals surface area contributed by atoms with Crippen molar-refractivity contribution in [3.8, 4) is 0 Å². The van der Waals surface area contributed by atoms with E-state index in [1.165, 1.54) is 0 Å². The fourth-order valence-corrected chi connectivity index (χ4v) is 1.97. The maximum Gasteiger partial charge on any atom is 0.0897 e. The van der Waals surface area contributed by atoms with Crippen molar-refractivity contribution in [2.24, 2.45) is 0 Å². The molecule has 0 spiro atoms. The molecule has 1 aromatic rings. The molecule has 0 amide bonds. The van der Waals surface area contributed by atoms with Crippen molar-refractivity contribution in [3.63, 3.8) is 0 Å². The zero-order chi connectivity index (χ0) is 10.6. The van der Waals surface area contributed by atoms with Crippen molar-refractivity contribution in [2.75, 3.05) is 13.6 Å². The maximum absolute atomic E-state index is 10.0. The lowest BCUT2D eigenvalue weighted by molar-refractivity contribution is 0.0512. The van der Waals surface area contributed by atoms with Gasteiger partial charge in [-0.25, -0.2) is 4.98 Å². The molecule has 1 heterocycles. The number of rotatable bonds is 5. The second kappa shape index (κ2) is 4.87. The van der Waals surface area contributed by atoms with E-state index in [0.29, 0.717) is 6.42 Å². The van der Waals surface area contributed by atoms with Gasteiger partial charge in [-0.15, -0.1) is 11.3 Å². The SMILES string of the molecule is CNCCC(C)(O)Cc1csc(C)n1. The third kappa shape index (κ3) is 3.74. The van der Waals surface area contributed by atoms with Crippen LogP contribution in [0.15, 0.2) is 5.38 Å². The summed E-state index contributed by atoms with van der Waals surface area (Å²) in [5.41, 5.74) is 0.345. The van der Waals surface area contributed by atoms with Crippen molar-refractivity contribution in [1.82, 2.24) is 10.3 Å². The van der Waals surface area contributed by atoms with Gasteiger partial charge in [0.05, 0.1) is 16.3 Å². The molecule has 4 heteroatoms. The molecule has 0 saturated carbocycles. The van der Waals surface area contributed by atoms with Crippen LogP contribution in [0.25, 0.3) is 0 Å². The zero-order valence-electron chi connectivity index (χ0n) is 9.00. The predicted octanol–water partition coefficient (Wildman–Crippen LogP) is 1.35. The number of nitrogens with zero attached hydrogens (tertiary/aromatic N) is 1. The van der Waals surface area contributed by atoms with Crippen molar-refractivity contribution in [2.45, 2.75) is 32.3 Å². The van der Waals surface area contributed by atoms with Gasteiger partial charge in [-0.2, -0.15) is 0 Å². The maximum atomic E-state index is 10.0. The van der Waals surface area contributed by atoms with E-state index in [-0.39, 0.29) is 0 Å². The molecule has 1 atom stereocenters. The number of thiazole rings is 1. The average Bonchev–Trinajstić information content (AvgIpc) is 2.47. The van der Waals surface area contributed by atoms with Crippen LogP contribution in [0, 0.1) is 6.92 Å². The molecule has 0 radical (unpaired) electrons. The number of aromatic nitrogens is 1. The van der Waals surface area contributed by atoms with Gasteiger partial charge in [0.1, 0.15) is 0 Å². The fourth-order valence-electron chi connectivity index (χ4n) is 1.36. The third-order valence-electron chi connectivity index (χ3n) is 2.14. The highest BCUT2D eigenvalue weighted by molar-refractivity contribution is 7.09. The number of hydrogen-bond donors (Lipinski definition) is 2. The van der Waals surface area contributed by atoms with Crippen LogP contribution < -0.4 is 5.32 Å². The molecular formula is C10H18N2OS. The Kier molecular flexibility index (Phi) is 4.04. The molecule has 1 rings (SSSR count). The third-order valence-corrected chi connectivity index (χ3v) is 2.96. The molecule has 14 heavy (non-hydrogen) atoms. The first-order valence-electron chi connectivity index (χ1n) is 4.81. The molecule has 3 nitrogen and oxygen atoms in total. The topological polar surface area (TPSA) is 45.1 Å².